The van der Waals surface area contributed by atoms with E-state index in [0.29, 0.717) is 31.1 Å². The van der Waals surface area contributed by atoms with E-state index in [2.05, 4.69) is 34.5 Å². The van der Waals surface area contributed by atoms with E-state index in [4.69, 9.17) is 4.74 Å². The van der Waals surface area contributed by atoms with Gasteiger partial charge in [0.05, 0.1) is 22.7 Å². The minimum absolute atomic E-state index is 0.105. The second kappa shape index (κ2) is 9.34. The summed E-state index contributed by atoms with van der Waals surface area (Å²) in [7, 11) is 1.84. The van der Waals surface area contributed by atoms with Crippen LogP contribution in [0.4, 0.5) is 11.4 Å². The first-order valence-corrected chi connectivity index (χ1v) is 10.8. The SMILES string of the molecule is CN1CCOc2c(C(=O)NCC3CCCN3CCc3ccccc3)cc([N+](=O)[O-])cc21. The van der Waals surface area contributed by atoms with Gasteiger partial charge in [-0.05, 0) is 31.4 Å². The topological polar surface area (TPSA) is 88.0 Å². The van der Waals surface area contributed by atoms with Crippen LogP contribution in [-0.2, 0) is 6.42 Å². The number of fused-ring (bicyclic) bond motifs is 1. The minimum atomic E-state index is -0.470. The van der Waals surface area contributed by atoms with Crippen LogP contribution in [0.15, 0.2) is 42.5 Å². The van der Waals surface area contributed by atoms with E-state index in [1.54, 1.807) is 0 Å². The number of rotatable bonds is 7. The third-order valence-electron chi connectivity index (χ3n) is 6.12. The van der Waals surface area contributed by atoms with Crippen molar-refractivity contribution in [2.45, 2.75) is 25.3 Å². The molecule has 1 fully saturated rings. The number of carbonyl (C=O) groups is 1. The van der Waals surface area contributed by atoms with Crippen molar-refractivity contribution in [1.29, 1.82) is 0 Å². The summed E-state index contributed by atoms with van der Waals surface area (Å²) < 4.78 is 5.73. The smallest absolute Gasteiger partial charge is 0.272 e. The lowest BCUT2D eigenvalue weighted by Crippen LogP contribution is -2.41. The molecule has 0 spiro atoms. The number of carbonyl (C=O) groups excluding carboxylic acids is 1. The van der Waals surface area contributed by atoms with E-state index in [1.165, 1.54) is 17.7 Å². The number of hydrogen-bond acceptors (Lipinski definition) is 6. The van der Waals surface area contributed by atoms with E-state index >= 15 is 0 Å². The van der Waals surface area contributed by atoms with Crippen molar-refractivity contribution in [3.63, 3.8) is 0 Å². The van der Waals surface area contributed by atoms with Crippen molar-refractivity contribution < 1.29 is 14.5 Å². The van der Waals surface area contributed by atoms with Crippen molar-refractivity contribution in [2.24, 2.45) is 0 Å². The second-order valence-electron chi connectivity index (χ2n) is 8.15. The average molecular weight is 425 g/mol. The lowest BCUT2D eigenvalue weighted by molar-refractivity contribution is -0.384. The van der Waals surface area contributed by atoms with Gasteiger partial charge in [-0.25, -0.2) is 0 Å². The molecule has 0 bridgehead atoms. The van der Waals surface area contributed by atoms with Gasteiger partial charge >= 0.3 is 0 Å². The van der Waals surface area contributed by atoms with Crippen molar-refractivity contribution in [3.8, 4) is 5.75 Å². The van der Waals surface area contributed by atoms with Gasteiger partial charge in [0.2, 0.25) is 0 Å². The Morgan fingerprint density at radius 3 is 2.84 bits per heavy atom. The molecule has 2 aliphatic heterocycles. The van der Waals surface area contributed by atoms with E-state index in [9.17, 15) is 14.9 Å². The lowest BCUT2D eigenvalue weighted by atomic mass is 10.1. The van der Waals surface area contributed by atoms with Crippen LogP contribution in [0.1, 0.15) is 28.8 Å². The first kappa shape index (κ1) is 21.1. The first-order valence-electron chi connectivity index (χ1n) is 10.8. The van der Waals surface area contributed by atoms with Gasteiger partial charge < -0.3 is 15.0 Å². The van der Waals surface area contributed by atoms with Crippen LogP contribution in [0.5, 0.6) is 5.75 Å². The molecular formula is C23H28N4O4. The monoisotopic (exact) mass is 424 g/mol. The Morgan fingerprint density at radius 1 is 1.26 bits per heavy atom. The molecular weight excluding hydrogens is 396 g/mol. The fourth-order valence-electron chi connectivity index (χ4n) is 4.36. The summed E-state index contributed by atoms with van der Waals surface area (Å²) in [6, 6.07) is 13.4. The largest absolute Gasteiger partial charge is 0.489 e. The molecule has 1 amide bonds. The summed E-state index contributed by atoms with van der Waals surface area (Å²) in [4.78, 5) is 28.2. The van der Waals surface area contributed by atoms with E-state index in [1.807, 2.05) is 18.0 Å². The van der Waals surface area contributed by atoms with Crippen LogP contribution in [-0.4, -0.2) is 61.6 Å². The number of nitro groups is 1. The van der Waals surface area contributed by atoms with Gasteiger partial charge in [0, 0.05) is 38.3 Å². The zero-order valence-corrected chi connectivity index (χ0v) is 17.8. The van der Waals surface area contributed by atoms with E-state index < -0.39 is 4.92 Å². The van der Waals surface area contributed by atoms with Crippen molar-refractivity contribution >= 4 is 17.3 Å². The molecule has 8 nitrogen and oxygen atoms in total. The quantitative estimate of drug-likeness (QED) is 0.543. The average Bonchev–Trinajstić information content (AvgIpc) is 3.23. The molecule has 1 N–H and O–H groups in total. The number of benzene rings is 2. The predicted molar refractivity (Wildman–Crippen MR) is 119 cm³/mol. The number of nitrogens with zero attached hydrogens (tertiary/aromatic N) is 3. The number of amides is 1. The highest BCUT2D eigenvalue weighted by Crippen LogP contribution is 2.38. The number of hydrogen-bond donors (Lipinski definition) is 1. The van der Waals surface area contributed by atoms with Crippen LogP contribution in [0.25, 0.3) is 0 Å². The molecule has 2 aliphatic rings. The Bertz CT molecular complexity index is 950. The zero-order valence-electron chi connectivity index (χ0n) is 17.8. The maximum Gasteiger partial charge on any atom is 0.272 e. The van der Waals surface area contributed by atoms with E-state index in [0.717, 1.165) is 32.4 Å². The highest BCUT2D eigenvalue weighted by molar-refractivity contribution is 6.00. The maximum atomic E-state index is 13.0. The number of ether oxygens (including phenoxy) is 1. The zero-order chi connectivity index (χ0) is 21.8. The fourth-order valence-corrected chi connectivity index (χ4v) is 4.36. The standard InChI is InChI=1S/C23H28N4O4/c1-25-12-13-31-22-20(14-19(27(29)30)15-21(22)25)23(28)24-16-18-8-5-10-26(18)11-9-17-6-3-2-4-7-17/h2-4,6-7,14-15,18H,5,8-13,16H2,1H3,(H,24,28). The Hall–Kier alpha value is -3.13. The Morgan fingerprint density at radius 2 is 2.06 bits per heavy atom. The Kier molecular flexibility index (Phi) is 6.36. The molecule has 1 atom stereocenters. The first-order chi connectivity index (χ1) is 15.0. The Balaban J connectivity index is 1.43. The highest BCUT2D eigenvalue weighted by Gasteiger charge is 2.29. The summed E-state index contributed by atoms with van der Waals surface area (Å²) >= 11 is 0. The second-order valence-corrected chi connectivity index (χ2v) is 8.15. The maximum absolute atomic E-state index is 13.0. The number of nitrogens with one attached hydrogen (secondary N) is 1. The summed E-state index contributed by atoms with van der Waals surface area (Å²) in [5.74, 6) is 0.0920. The molecule has 2 aromatic rings. The summed E-state index contributed by atoms with van der Waals surface area (Å²) in [6.45, 7) is 3.55. The van der Waals surface area contributed by atoms with Gasteiger partial charge in [-0.1, -0.05) is 30.3 Å². The van der Waals surface area contributed by atoms with Crippen LogP contribution in [0, 0.1) is 10.1 Å². The van der Waals surface area contributed by atoms with Crippen LogP contribution in [0.3, 0.4) is 0 Å². The van der Waals surface area contributed by atoms with E-state index in [-0.39, 0.29) is 23.2 Å². The minimum Gasteiger partial charge on any atom is -0.489 e. The normalized spacial score (nSPS) is 18.4. The lowest BCUT2D eigenvalue weighted by Gasteiger charge is -2.29. The van der Waals surface area contributed by atoms with Crippen molar-refractivity contribution in [1.82, 2.24) is 10.2 Å². The molecule has 0 aliphatic carbocycles. The van der Waals surface area contributed by atoms with Gasteiger partial charge in [-0.3, -0.25) is 19.8 Å². The van der Waals surface area contributed by atoms with Gasteiger partial charge in [0.25, 0.3) is 11.6 Å². The number of non-ortho nitro benzene ring substituents is 1. The highest BCUT2D eigenvalue weighted by atomic mass is 16.6. The molecule has 0 radical (unpaired) electrons. The number of nitro benzene ring substituents is 1. The summed E-state index contributed by atoms with van der Waals surface area (Å²) in [6.07, 6.45) is 3.11. The van der Waals surface area contributed by atoms with Crippen molar-refractivity contribution in [2.75, 3.05) is 44.7 Å². The number of anilines is 1. The van der Waals surface area contributed by atoms with Gasteiger partial charge in [0.1, 0.15) is 6.61 Å². The molecule has 4 rings (SSSR count). The molecule has 2 aromatic carbocycles. The number of likely N-dealkylation sites (tertiary alicyclic amines) is 1. The van der Waals surface area contributed by atoms with Gasteiger partial charge in [-0.2, -0.15) is 0 Å². The fraction of sp³-hybridized carbons (Fsp3) is 0.435. The molecule has 1 unspecified atom stereocenters. The third kappa shape index (κ3) is 4.80. The molecule has 1 saturated heterocycles. The molecule has 2 heterocycles. The summed E-state index contributed by atoms with van der Waals surface area (Å²) in [5.41, 5.74) is 2.01. The molecule has 8 heteroatoms. The van der Waals surface area contributed by atoms with Gasteiger partial charge in [-0.15, -0.1) is 0 Å². The van der Waals surface area contributed by atoms with Gasteiger partial charge in [0.15, 0.2) is 5.75 Å². The molecule has 0 saturated carbocycles. The predicted octanol–water partition coefficient (Wildman–Crippen LogP) is 2.86. The summed E-state index contributed by atoms with van der Waals surface area (Å²) in [5, 5.41) is 14.4. The molecule has 31 heavy (non-hydrogen) atoms. The Labute approximate surface area is 181 Å². The van der Waals surface area contributed by atoms with Crippen molar-refractivity contribution in [3.05, 3.63) is 63.7 Å². The number of likely N-dealkylation sites (N-methyl/N-ethyl adjacent to an activating group) is 1. The van der Waals surface area contributed by atoms with Crippen LogP contribution < -0.4 is 15.0 Å². The van der Waals surface area contributed by atoms with Crippen LogP contribution >= 0.6 is 0 Å². The molecule has 0 aromatic heterocycles. The van der Waals surface area contributed by atoms with Crippen LogP contribution in [0.2, 0.25) is 0 Å². The molecule has 164 valence electrons. The third-order valence-corrected chi connectivity index (χ3v) is 6.12.